The Labute approximate surface area is 221 Å². The predicted octanol–water partition coefficient (Wildman–Crippen LogP) is 6.65. The Bertz CT molecular complexity index is 1340. The van der Waals surface area contributed by atoms with Crippen LogP contribution >= 0.6 is 11.8 Å². The molecule has 3 aromatic rings. The lowest BCUT2D eigenvalue weighted by Gasteiger charge is -2.38. The van der Waals surface area contributed by atoms with E-state index >= 15 is 0 Å². The summed E-state index contributed by atoms with van der Waals surface area (Å²) in [7, 11) is 0. The molecule has 1 saturated carbocycles. The van der Waals surface area contributed by atoms with E-state index in [0.29, 0.717) is 11.6 Å². The van der Waals surface area contributed by atoms with Gasteiger partial charge in [0.05, 0.1) is 6.04 Å². The lowest BCUT2D eigenvalue weighted by molar-refractivity contribution is -0.143. The molecule has 0 bridgehead atoms. The number of carbonyl (C=O) groups excluding carboxylic acids is 1. The summed E-state index contributed by atoms with van der Waals surface area (Å²) in [6, 6.07) is 14.9. The van der Waals surface area contributed by atoms with Crippen LogP contribution < -0.4 is 5.73 Å². The van der Waals surface area contributed by atoms with E-state index in [4.69, 9.17) is 10.2 Å². The van der Waals surface area contributed by atoms with E-state index in [1.54, 1.807) is 0 Å². The normalized spacial score (nSPS) is 23.8. The van der Waals surface area contributed by atoms with E-state index in [1.165, 1.54) is 11.8 Å². The second-order valence-corrected chi connectivity index (χ2v) is 11.9. The Morgan fingerprint density at radius 1 is 1.03 bits per heavy atom. The van der Waals surface area contributed by atoms with Crippen LogP contribution in [0.4, 0.5) is 5.69 Å². The number of thioether (sulfide) groups is 1. The Hall–Kier alpha value is -3.19. The van der Waals surface area contributed by atoms with Crippen LogP contribution in [0.3, 0.4) is 0 Å². The van der Waals surface area contributed by atoms with Gasteiger partial charge in [0.2, 0.25) is 5.91 Å². The second kappa shape index (κ2) is 10.3. The highest BCUT2D eigenvalue weighted by Crippen LogP contribution is 2.43. The number of nitrogen functional groups attached to an aromatic ring is 1. The maximum atomic E-state index is 13.6. The number of nitrogens with two attached hydrogens (primary N) is 1. The molecular formula is C30H34N2O4S. The Balaban J connectivity index is 1.40. The Morgan fingerprint density at radius 2 is 1.70 bits per heavy atom. The van der Waals surface area contributed by atoms with Gasteiger partial charge in [0.15, 0.2) is 0 Å². The summed E-state index contributed by atoms with van der Waals surface area (Å²) < 4.78 is 5.99. The van der Waals surface area contributed by atoms with Crippen molar-refractivity contribution in [1.82, 2.24) is 4.90 Å². The van der Waals surface area contributed by atoms with Gasteiger partial charge in [-0.25, -0.2) is 0 Å². The summed E-state index contributed by atoms with van der Waals surface area (Å²) in [5, 5.41) is 10.3. The zero-order valence-electron chi connectivity index (χ0n) is 21.5. The summed E-state index contributed by atoms with van der Waals surface area (Å²) in [5.41, 5.74) is 9.23. The number of carboxylic acid groups (broad SMARTS) is 1. The van der Waals surface area contributed by atoms with Crippen LogP contribution in [0, 0.1) is 11.8 Å². The largest absolute Gasteiger partial charge is 0.480 e. The molecule has 1 aliphatic carbocycles. The number of amides is 1. The smallest absolute Gasteiger partial charge is 0.319 e. The molecule has 2 heterocycles. The van der Waals surface area contributed by atoms with Gasteiger partial charge in [-0.15, -0.1) is 11.8 Å². The van der Waals surface area contributed by atoms with Gasteiger partial charge in [-0.3, -0.25) is 9.59 Å². The number of fused-ring (bicyclic) bond motifs is 1. The molecule has 1 aromatic heterocycles. The number of benzene rings is 2. The molecule has 2 atom stereocenters. The van der Waals surface area contributed by atoms with Crippen LogP contribution in [-0.4, -0.2) is 39.2 Å². The molecule has 2 aliphatic rings. The first-order chi connectivity index (χ1) is 17.7. The number of hydrogen-bond donors (Lipinski definition) is 2. The van der Waals surface area contributed by atoms with Crippen LogP contribution in [0.15, 0.2) is 59.0 Å². The number of rotatable bonds is 6. The molecule has 0 saturated heterocycles. The number of carboxylic acids is 1. The third kappa shape index (κ3) is 5.14. The van der Waals surface area contributed by atoms with Gasteiger partial charge in [-0.05, 0) is 81.4 Å². The SMILES string of the molecule is CC(C)N(C(=O)[C@H]1CC[C@H](C)CC1)C1C=C(c2ccc(-c3cc4cc(N)ccc4o3)cc2)SC1C(=O)O. The van der Waals surface area contributed by atoms with Crippen molar-refractivity contribution in [1.29, 1.82) is 0 Å². The lowest BCUT2D eigenvalue weighted by atomic mass is 9.82. The average Bonchev–Trinajstić information content (AvgIpc) is 3.49. The minimum atomic E-state index is -0.893. The van der Waals surface area contributed by atoms with Gasteiger partial charge in [-0.2, -0.15) is 0 Å². The number of carbonyl (C=O) groups is 2. The van der Waals surface area contributed by atoms with Gasteiger partial charge in [0.1, 0.15) is 16.6 Å². The van der Waals surface area contributed by atoms with Gasteiger partial charge in [0.25, 0.3) is 0 Å². The quantitative estimate of drug-likeness (QED) is 0.355. The van der Waals surface area contributed by atoms with E-state index < -0.39 is 17.3 Å². The molecule has 37 heavy (non-hydrogen) atoms. The number of aliphatic carboxylic acids is 1. The number of furan rings is 1. The molecular weight excluding hydrogens is 484 g/mol. The molecule has 7 heteroatoms. The van der Waals surface area contributed by atoms with Crippen molar-refractivity contribution >= 4 is 45.2 Å². The predicted molar refractivity (Wildman–Crippen MR) is 150 cm³/mol. The first kappa shape index (κ1) is 25.5. The van der Waals surface area contributed by atoms with Crippen LogP contribution in [0.25, 0.3) is 27.2 Å². The minimum absolute atomic E-state index is 0.0195. The molecule has 6 nitrogen and oxygen atoms in total. The molecule has 3 N–H and O–H groups in total. The number of hydrogen-bond acceptors (Lipinski definition) is 5. The summed E-state index contributed by atoms with van der Waals surface area (Å²) in [5.74, 6) is 0.582. The third-order valence-corrected chi connectivity index (χ3v) is 8.98. The third-order valence-electron chi connectivity index (χ3n) is 7.62. The lowest BCUT2D eigenvalue weighted by Crippen LogP contribution is -2.51. The first-order valence-corrected chi connectivity index (χ1v) is 13.9. The van der Waals surface area contributed by atoms with E-state index in [2.05, 4.69) is 6.92 Å². The summed E-state index contributed by atoms with van der Waals surface area (Å²) >= 11 is 1.33. The summed E-state index contributed by atoms with van der Waals surface area (Å²) in [4.78, 5) is 28.6. The van der Waals surface area contributed by atoms with Gasteiger partial charge < -0.3 is 20.2 Å². The molecule has 1 fully saturated rings. The molecule has 1 amide bonds. The van der Waals surface area contributed by atoms with Gasteiger partial charge >= 0.3 is 5.97 Å². The van der Waals surface area contributed by atoms with Crippen molar-refractivity contribution in [3.63, 3.8) is 0 Å². The van der Waals surface area contributed by atoms with Crippen molar-refractivity contribution < 1.29 is 19.1 Å². The zero-order chi connectivity index (χ0) is 26.3. The van der Waals surface area contributed by atoms with Gasteiger partial charge in [-0.1, -0.05) is 31.2 Å². The van der Waals surface area contributed by atoms with Crippen molar-refractivity contribution in [2.45, 2.75) is 63.8 Å². The molecule has 0 spiro atoms. The average molecular weight is 519 g/mol. The molecule has 194 valence electrons. The Morgan fingerprint density at radius 3 is 2.35 bits per heavy atom. The molecule has 2 aromatic carbocycles. The van der Waals surface area contributed by atoms with Crippen molar-refractivity contribution in [2.24, 2.45) is 11.8 Å². The van der Waals surface area contributed by atoms with Crippen LogP contribution in [0.2, 0.25) is 0 Å². The molecule has 5 rings (SSSR count). The van der Waals surface area contributed by atoms with E-state index in [9.17, 15) is 14.7 Å². The fourth-order valence-corrected chi connectivity index (χ4v) is 6.76. The second-order valence-electron chi connectivity index (χ2n) is 10.7. The van der Waals surface area contributed by atoms with E-state index in [-0.39, 0.29) is 17.9 Å². The fraction of sp³-hybridized carbons (Fsp3) is 0.400. The standard InChI is InChI=1S/C30H34N2O4S/c1-17(2)32(29(33)21-6-4-18(3)5-7-21)24-16-27(37-28(24)30(34)35)20-10-8-19(9-11-20)26-15-22-14-23(31)12-13-25(22)36-26/h8-18,21,24,28H,4-7,31H2,1-3H3,(H,34,35)/t18-,21-,24?,28?. The van der Waals surface area contributed by atoms with Crippen LogP contribution in [-0.2, 0) is 9.59 Å². The van der Waals surface area contributed by atoms with E-state index in [0.717, 1.165) is 58.4 Å². The highest BCUT2D eigenvalue weighted by molar-refractivity contribution is 8.09. The van der Waals surface area contributed by atoms with E-state index in [1.807, 2.05) is 73.4 Å². The summed E-state index contributed by atoms with van der Waals surface area (Å²) in [6.07, 6.45) is 5.85. The van der Waals surface area contributed by atoms with Gasteiger partial charge in [0, 0.05) is 33.5 Å². The number of nitrogens with zero attached hydrogens (tertiary/aromatic N) is 1. The van der Waals surface area contributed by atoms with Crippen LogP contribution in [0.5, 0.6) is 0 Å². The Kier molecular flexibility index (Phi) is 7.08. The van der Waals surface area contributed by atoms with Crippen molar-refractivity contribution in [3.8, 4) is 11.3 Å². The molecule has 2 unspecified atom stereocenters. The fourth-order valence-electron chi connectivity index (χ4n) is 5.54. The summed E-state index contributed by atoms with van der Waals surface area (Å²) in [6.45, 7) is 6.20. The van der Waals surface area contributed by atoms with Crippen LogP contribution in [0.1, 0.15) is 52.0 Å². The first-order valence-electron chi connectivity index (χ1n) is 13.0. The monoisotopic (exact) mass is 518 g/mol. The molecule has 0 radical (unpaired) electrons. The zero-order valence-corrected chi connectivity index (χ0v) is 22.3. The number of anilines is 1. The highest BCUT2D eigenvalue weighted by atomic mass is 32.2. The minimum Gasteiger partial charge on any atom is -0.480 e. The maximum absolute atomic E-state index is 13.6. The topological polar surface area (TPSA) is 96.8 Å². The maximum Gasteiger partial charge on any atom is 0.319 e. The molecule has 1 aliphatic heterocycles. The highest BCUT2D eigenvalue weighted by Gasteiger charge is 2.42. The van der Waals surface area contributed by atoms with Crippen molar-refractivity contribution in [2.75, 3.05) is 5.73 Å². The van der Waals surface area contributed by atoms with Crippen molar-refractivity contribution in [3.05, 3.63) is 60.2 Å².